The van der Waals surface area contributed by atoms with E-state index in [-0.39, 0.29) is 11.8 Å². The zero-order chi connectivity index (χ0) is 12.1. The Labute approximate surface area is 98.0 Å². The van der Waals surface area contributed by atoms with Gasteiger partial charge in [0.15, 0.2) is 0 Å². The first-order valence-corrected chi connectivity index (χ1v) is 5.60. The van der Waals surface area contributed by atoms with Crippen LogP contribution in [-0.4, -0.2) is 37.1 Å². The summed E-state index contributed by atoms with van der Waals surface area (Å²) in [5.74, 6) is -0.548. The van der Waals surface area contributed by atoms with E-state index >= 15 is 0 Å². The van der Waals surface area contributed by atoms with Crippen LogP contribution in [0.1, 0.15) is 16.6 Å². The normalized spacial score (nSPS) is 11.9. The van der Waals surface area contributed by atoms with E-state index < -0.39 is 6.04 Å². The Hall–Kier alpha value is -1.40. The molecule has 2 amide bonds. The van der Waals surface area contributed by atoms with Crippen molar-refractivity contribution in [1.29, 1.82) is 0 Å². The number of carbonyl (C=O) groups is 2. The molecule has 0 aliphatic heterocycles. The highest BCUT2D eigenvalue weighted by molar-refractivity contribution is 7.12. The summed E-state index contributed by atoms with van der Waals surface area (Å²) in [6, 6.07) is 2.88. The third kappa shape index (κ3) is 3.04. The number of rotatable bonds is 4. The van der Waals surface area contributed by atoms with Crippen molar-refractivity contribution in [3.8, 4) is 0 Å². The van der Waals surface area contributed by atoms with Gasteiger partial charge in [0.05, 0.1) is 12.0 Å². The van der Waals surface area contributed by atoms with Crippen LogP contribution in [0.5, 0.6) is 0 Å². The van der Waals surface area contributed by atoms with Crippen molar-refractivity contribution in [1.82, 2.24) is 10.4 Å². The summed E-state index contributed by atoms with van der Waals surface area (Å²) >= 11 is 1.33. The van der Waals surface area contributed by atoms with E-state index in [9.17, 15) is 9.59 Å². The third-order valence-electron chi connectivity index (χ3n) is 2.05. The van der Waals surface area contributed by atoms with Gasteiger partial charge in [-0.1, -0.05) is 6.07 Å². The zero-order valence-electron chi connectivity index (χ0n) is 9.39. The molecule has 1 heterocycles. The number of likely N-dealkylation sites (N-methyl/N-ethyl adjacent to an activating group) is 1. The Kier molecular flexibility index (Phi) is 4.45. The maximum Gasteiger partial charge on any atom is 0.268 e. The molecule has 88 valence electrons. The fourth-order valence-electron chi connectivity index (χ4n) is 1.10. The van der Waals surface area contributed by atoms with E-state index in [1.165, 1.54) is 25.5 Å². The van der Waals surface area contributed by atoms with Crippen LogP contribution in [-0.2, 0) is 9.63 Å². The molecule has 1 unspecified atom stereocenters. The van der Waals surface area contributed by atoms with Crippen LogP contribution in [0, 0.1) is 0 Å². The summed E-state index contributed by atoms with van der Waals surface area (Å²) in [6.45, 7) is 1.61. The predicted octanol–water partition coefficient (Wildman–Crippen LogP) is 0.886. The lowest BCUT2D eigenvalue weighted by Gasteiger charge is -2.19. The van der Waals surface area contributed by atoms with Gasteiger partial charge in [-0.25, -0.2) is 5.06 Å². The lowest BCUT2D eigenvalue weighted by atomic mass is 10.3. The molecular weight excluding hydrogens is 228 g/mol. The Morgan fingerprint density at radius 1 is 1.56 bits per heavy atom. The molecule has 0 saturated heterocycles. The van der Waals surface area contributed by atoms with Crippen LogP contribution in [0.2, 0.25) is 0 Å². The second-order valence-corrected chi connectivity index (χ2v) is 4.14. The molecule has 0 spiro atoms. The van der Waals surface area contributed by atoms with Crippen molar-refractivity contribution in [2.24, 2.45) is 0 Å². The van der Waals surface area contributed by atoms with Crippen LogP contribution >= 0.6 is 11.3 Å². The Morgan fingerprint density at radius 3 is 2.75 bits per heavy atom. The Bertz CT molecular complexity index is 364. The minimum atomic E-state index is -0.612. The minimum absolute atomic E-state index is 0.250. The molecule has 0 radical (unpaired) electrons. The highest BCUT2D eigenvalue weighted by atomic mass is 32.1. The average Bonchev–Trinajstić information content (AvgIpc) is 2.80. The number of nitrogens with zero attached hydrogens (tertiary/aromatic N) is 1. The van der Waals surface area contributed by atoms with Crippen molar-refractivity contribution in [2.45, 2.75) is 13.0 Å². The molecule has 0 aliphatic carbocycles. The maximum atomic E-state index is 11.6. The highest BCUT2D eigenvalue weighted by Gasteiger charge is 2.20. The summed E-state index contributed by atoms with van der Waals surface area (Å²) in [5, 5.41) is 5.49. The summed E-state index contributed by atoms with van der Waals surface area (Å²) in [4.78, 5) is 28.5. The monoisotopic (exact) mass is 242 g/mol. The quantitative estimate of drug-likeness (QED) is 0.798. The lowest BCUT2D eigenvalue weighted by molar-refractivity contribution is -0.170. The Morgan fingerprint density at radius 2 is 2.25 bits per heavy atom. The molecule has 0 fully saturated rings. The number of nitrogens with one attached hydrogen (secondary N) is 1. The van der Waals surface area contributed by atoms with E-state index in [0.717, 1.165) is 5.06 Å². The summed E-state index contributed by atoms with van der Waals surface area (Å²) in [5.41, 5.74) is 0. The van der Waals surface area contributed by atoms with E-state index in [2.05, 4.69) is 5.32 Å². The zero-order valence-corrected chi connectivity index (χ0v) is 10.2. The average molecular weight is 242 g/mol. The van der Waals surface area contributed by atoms with Crippen LogP contribution < -0.4 is 5.32 Å². The molecule has 0 aromatic carbocycles. The first-order valence-electron chi connectivity index (χ1n) is 4.72. The SMILES string of the molecule is CON(C)C(=O)C(C)NC(=O)c1cccs1. The van der Waals surface area contributed by atoms with Gasteiger partial charge in [-0.2, -0.15) is 0 Å². The van der Waals surface area contributed by atoms with E-state index in [1.54, 1.807) is 19.1 Å². The van der Waals surface area contributed by atoms with Gasteiger partial charge < -0.3 is 5.32 Å². The van der Waals surface area contributed by atoms with E-state index in [4.69, 9.17) is 4.84 Å². The molecule has 1 aromatic rings. The van der Waals surface area contributed by atoms with Crippen LogP contribution in [0.4, 0.5) is 0 Å². The predicted molar refractivity (Wildman–Crippen MR) is 61.0 cm³/mol. The molecule has 5 nitrogen and oxygen atoms in total. The van der Waals surface area contributed by atoms with E-state index in [0.29, 0.717) is 4.88 Å². The van der Waals surface area contributed by atoms with Crippen LogP contribution in [0.25, 0.3) is 0 Å². The van der Waals surface area contributed by atoms with Crippen LogP contribution in [0.15, 0.2) is 17.5 Å². The summed E-state index contributed by atoms with van der Waals surface area (Å²) in [7, 11) is 2.89. The molecule has 16 heavy (non-hydrogen) atoms. The summed E-state index contributed by atoms with van der Waals surface area (Å²) < 4.78 is 0. The minimum Gasteiger partial charge on any atom is -0.340 e. The number of thiophene rings is 1. The van der Waals surface area contributed by atoms with Gasteiger partial charge in [0.1, 0.15) is 6.04 Å². The lowest BCUT2D eigenvalue weighted by Crippen LogP contribution is -2.45. The molecule has 1 N–H and O–H groups in total. The van der Waals surface area contributed by atoms with Crippen LogP contribution in [0.3, 0.4) is 0 Å². The first-order chi connectivity index (χ1) is 7.56. The largest absolute Gasteiger partial charge is 0.340 e. The fourth-order valence-corrected chi connectivity index (χ4v) is 1.73. The third-order valence-corrected chi connectivity index (χ3v) is 2.92. The summed E-state index contributed by atoms with van der Waals surface area (Å²) in [6.07, 6.45) is 0. The number of hydrogen-bond acceptors (Lipinski definition) is 4. The fraction of sp³-hybridized carbons (Fsp3) is 0.400. The number of carbonyl (C=O) groups excluding carboxylic acids is 2. The molecule has 1 rings (SSSR count). The Balaban J connectivity index is 2.55. The van der Waals surface area contributed by atoms with Crippen molar-refractivity contribution in [3.05, 3.63) is 22.4 Å². The molecule has 0 saturated carbocycles. The highest BCUT2D eigenvalue weighted by Crippen LogP contribution is 2.08. The van der Waals surface area contributed by atoms with Crippen molar-refractivity contribution in [3.63, 3.8) is 0 Å². The molecule has 1 atom stereocenters. The number of hydroxylamine groups is 2. The second-order valence-electron chi connectivity index (χ2n) is 3.19. The number of hydrogen-bond donors (Lipinski definition) is 1. The van der Waals surface area contributed by atoms with Crippen molar-refractivity contribution < 1.29 is 14.4 Å². The van der Waals surface area contributed by atoms with Crippen molar-refractivity contribution in [2.75, 3.05) is 14.2 Å². The van der Waals surface area contributed by atoms with Gasteiger partial charge in [0.2, 0.25) is 0 Å². The molecule has 1 aromatic heterocycles. The second kappa shape index (κ2) is 5.62. The van der Waals surface area contributed by atoms with Crippen molar-refractivity contribution >= 4 is 23.2 Å². The van der Waals surface area contributed by atoms with Gasteiger partial charge in [0.25, 0.3) is 11.8 Å². The molecule has 6 heteroatoms. The molecule has 0 bridgehead atoms. The standard InChI is InChI=1S/C10H14N2O3S/c1-7(10(14)12(2)15-3)11-9(13)8-5-4-6-16-8/h4-7H,1-3H3,(H,11,13). The maximum absolute atomic E-state index is 11.6. The number of amides is 2. The first kappa shape index (κ1) is 12.7. The van der Waals surface area contributed by atoms with Gasteiger partial charge in [-0.3, -0.25) is 14.4 Å². The van der Waals surface area contributed by atoms with Gasteiger partial charge in [-0.15, -0.1) is 11.3 Å². The smallest absolute Gasteiger partial charge is 0.268 e. The van der Waals surface area contributed by atoms with Gasteiger partial charge in [0, 0.05) is 7.05 Å². The molecular formula is C10H14N2O3S. The van der Waals surface area contributed by atoms with E-state index in [1.807, 2.05) is 5.38 Å². The topological polar surface area (TPSA) is 58.6 Å². The van der Waals surface area contributed by atoms with Gasteiger partial charge in [-0.05, 0) is 18.4 Å². The molecule has 0 aliphatic rings. The van der Waals surface area contributed by atoms with Gasteiger partial charge >= 0.3 is 0 Å².